The summed E-state index contributed by atoms with van der Waals surface area (Å²) in [4.78, 5) is 2.64. The van der Waals surface area contributed by atoms with Gasteiger partial charge in [-0.3, -0.25) is 4.90 Å². The third-order valence-corrected chi connectivity index (χ3v) is 3.42. The van der Waals surface area contributed by atoms with Crippen LogP contribution in [0.1, 0.15) is 52.4 Å². The van der Waals surface area contributed by atoms with Crippen LogP contribution < -0.4 is 5.73 Å². The maximum Gasteiger partial charge on any atom is 0.0220 e. The summed E-state index contributed by atoms with van der Waals surface area (Å²) in [6.07, 6.45) is 8.26. The molecule has 2 heteroatoms. The number of rotatable bonds is 4. The molecule has 0 radical (unpaired) electrons. The van der Waals surface area contributed by atoms with Crippen LogP contribution >= 0.6 is 0 Å². The minimum Gasteiger partial charge on any atom is -0.329 e. The molecule has 0 aromatic rings. The zero-order valence-corrected chi connectivity index (χ0v) is 10.5. The molecule has 1 atom stereocenters. The quantitative estimate of drug-likeness (QED) is 0.776. The molecule has 1 unspecified atom stereocenters. The Kier molecular flexibility index (Phi) is 6.26. The molecule has 0 aliphatic carbocycles. The molecule has 0 amide bonds. The zero-order chi connectivity index (χ0) is 11.1. The maximum atomic E-state index is 5.90. The summed E-state index contributed by atoms with van der Waals surface area (Å²) >= 11 is 0. The molecule has 2 nitrogen and oxygen atoms in total. The maximum absolute atomic E-state index is 5.90. The highest BCUT2D eigenvalue weighted by Crippen LogP contribution is 2.16. The standard InChI is InChI=1S/C13H28N2/c1-12(2)10-13(11-14)15-8-6-4-3-5-7-9-15/h12-13H,3-11,14H2,1-2H3. The van der Waals surface area contributed by atoms with Gasteiger partial charge in [0.2, 0.25) is 0 Å². The second-order valence-electron chi connectivity index (χ2n) is 5.32. The Morgan fingerprint density at radius 3 is 2.00 bits per heavy atom. The Hall–Kier alpha value is -0.0800. The van der Waals surface area contributed by atoms with Crippen LogP contribution in [0.15, 0.2) is 0 Å². The van der Waals surface area contributed by atoms with E-state index in [1.54, 1.807) is 0 Å². The van der Waals surface area contributed by atoms with Gasteiger partial charge in [-0.1, -0.05) is 33.1 Å². The Balaban J connectivity index is 2.40. The van der Waals surface area contributed by atoms with Crippen molar-refractivity contribution in [3.05, 3.63) is 0 Å². The molecule has 1 aliphatic rings. The first-order valence-corrected chi connectivity index (χ1v) is 6.68. The summed E-state index contributed by atoms with van der Waals surface area (Å²) in [6, 6.07) is 0.628. The van der Waals surface area contributed by atoms with E-state index in [1.165, 1.54) is 51.6 Å². The Morgan fingerprint density at radius 2 is 1.53 bits per heavy atom. The van der Waals surface area contributed by atoms with E-state index in [-0.39, 0.29) is 0 Å². The van der Waals surface area contributed by atoms with Gasteiger partial charge in [-0.05, 0) is 38.3 Å². The van der Waals surface area contributed by atoms with Gasteiger partial charge in [-0.2, -0.15) is 0 Å². The lowest BCUT2D eigenvalue weighted by Gasteiger charge is -2.33. The third kappa shape index (κ3) is 4.98. The van der Waals surface area contributed by atoms with Gasteiger partial charge in [0.15, 0.2) is 0 Å². The first kappa shape index (κ1) is 13.0. The van der Waals surface area contributed by atoms with Crippen molar-refractivity contribution in [1.29, 1.82) is 0 Å². The largest absolute Gasteiger partial charge is 0.329 e. The normalized spacial score (nSPS) is 22.4. The van der Waals surface area contributed by atoms with E-state index in [9.17, 15) is 0 Å². The molecule has 0 aromatic carbocycles. The van der Waals surface area contributed by atoms with Gasteiger partial charge in [0.1, 0.15) is 0 Å². The highest BCUT2D eigenvalue weighted by molar-refractivity contribution is 4.75. The third-order valence-electron chi connectivity index (χ3n) is 3.42. The monoisotopic (exact) mass is 212 g/mol. The van der Waals surface area contributed by atoms with Gasteiger partial charge in [0, 0.05) is 12.6 Å². The minimum absolute atomic E-state index is 0.628. The second kappa shape index (κ2) is 7.24. The van der Waals surface area contributed by atoms with Crippen LogP contribution in [0.25, 0.3) is 0 Å². The molecule has 1 rings (SSSR count). The van der Waals surface area contributed by atoms with Crippen molar-refractivity contribution in [2.45, 2.75) is 58.4 Å². The summed E-state index contributed by atoms with van der Waals surface area (Å²) in [6.45, 7) is 7.97. The Morgan fingerprint density at radius 1 is 1.00 bits per heavy atom. The number of nitrogens with zero attached hydrogens (tertiary/aromatic N) is 1. The van der Waals surface area contributed by atoms with Crippen LogP contribution in [-0.2, 0) is 0 Å². The molecule has 2 N–H and O–H groups in total. The molecule has 0 bridgehead atoms. The van der Waals surface area contributed by atoms with Crippen molar-refractivity contribution < 1.29 is 0 Å². The van der Waals surface area contributed by atoms with Crippen LogP contribution in [0.3, 0.4) is 0 Å². The summed E-state index contributed by atoms with van der Waals surface area (Å²) in [5.41, 5.74) is 5.90. The molecule has 15 heavy (non-hydrogen) atoms. The molecule has 0 saturated carbocycles. The van der Waals surface area contributed by atoms with Gasteiger partial charge >= 0.3 is 0 Å². The van der Waals surface area contributed by atoms with E-state index in [4.69, 9.17) is 5.73 Å². The van der Waals surface area contributed by atoms with Crippen molar-refractivity contribution in [2.24, 2.45) is 11.7 Å². The van der Waals surface area contributed by atoms with E-state index >= 15 is 0 Å². The van der Waals surface area contributed by atoms with Gasteiger partial charge < -0.3 is 5.73 Å². The molecule has 1 heterocycles. The SMILES string of the molecule is CC(C)CC(CN)N1CCCCCCC1. The van der Waals surface area contributed by atoms with E-state index < -0.39 is 0 Å². The van der Waals surface area contributed by atoms with Gasteiger partial charge in [-0.25, -0.2) is 0 Å². The first-order valence-electron chi connectivity index (χ1n) is 6.68. The topological polar surface area (TPSA) is 29.3 Å². The van der Waals surface area contributed by atoms with Crippen LogP contribution in [0, 0.1) is 5.92 Å². The summed E-state index contributed by atoms with van der Waals surface area (Å²) in [5, 5.41) is 0. The minimum atomic E-state index is 0.628. The van der Waals surface area contributed by atoms with Crippen LogP contribution in [-0.4, -0.2) is 30.6 Å². The lowest BCUT2D eigenvalue weighted by atomic mass is 10.00. The molecular weight excluding hydrogens is 184 g/mol. The molecule has 0 aromatic heterocycles. The summed E-state index contributed by atoms with van der Waals surface area (Å²) < 4.78 is 0. The Labute approximate surface area is 95.2 Å². The molecule has 90 valence electrons. The molecule has 1 saturated heterocycles. The van der Waals surface area contributed by atoms with E-state index in [0.717, 1.165) is 12.5 Å². The zero-order valence-electron chi connectivity index (χ0n) is 10.5. The predicted octanol–water partition coefficient (Wildman–Crippen LogP) is 2.63. The van der Waals surface area contributed by atoms with Crippen molar-refractivity contribution in [2.75, 3.05) is 19.6 Å². The van der Waals surface area contributed by atoms with E-state index in [2.05, 4.69) is 18.7 Å². The molecular formula is C13H28N2. The highest BCUT2D eigenvalue weighted by atomic mass is 15.2. The highest BCUT2D eigenvalue weighted by Gasteiger charge is 2.18. The van der Waals surface area contributed by atoms with Crippen LogP contribution in [0.4, 0.5) is 0 Å². The second-order valence-corrected chi connectivity index (χ2v) is 5.32. The lowest BCUT2D eigenvalue weighted by molar-refractivity contribution is 0.163. The fraction of sp³-hybridized carbons (Fsp3) is 1.00. The molecule has 1 aliphatic heterocycles. The van der Waals surface area contributed by atoms with Gasteiger partial charge in [0.05, 0.1) is 0 Å². The van der Waals surface area contributed by atoms with Crippen molar-refractivity contribution in [3.63, 3.8) is 0 Å². The van der Waals surface area contributed by atoms with Gasteiger partial charge in [-0.15, -0.1) is 0 Å². The van der Waals surface area contributed by atoms with Crippen LogP contribution in [0.2, 0.25) is 0 Å². The fourth-order valence-corrected chi connectivity index (χ4v) is 2.58. The number of hydrogen-bond acceptors (Lipinski definition) is 2. The number of likely N-dealkylation sites (tertiary alicyclic amines) is 1. The van der Waals surface area contributed by atoms with Crippen molar-refractivity contribution in [1.82, 2.24) is 4.90 Å². The summed E-state index contributed by atoms with van der Waals surface area (Å²) in [7, 11) is 0. The van der Waals surface area contributed by atoms with Crippen molar-refractivity contribution >= 4 is 0 Å². The average molecular weight is 212 g/mol. The van der Waals surface area contributed by atoms with E-state index in [1.807, 2.05) is 0 Å². The lowest BCUT2D eigenvalue weighted by Crippen LogP contribution is -2.43. The summed E-state index contributed by atoms with van der Waals surface area (Å²) in [5.74, 6) is 0.768. The van der Waals surface area contributed by atoms with Crippen LogP contribution in [0.5, 0.6) is 0 Å². The Bertz CT molecular complexity index is 149. The number of nitrogens with two attached hydrogens (primary N) is 1. The average Bonchev–Trinajstić information content (AvgIpc) is 2.14. The van der Waals surface area contributed by atoms with E-state index in [0.29, 0.717) is 6.04 Å². The fourth-order valence-electron chi connectivity index (χ4n) is 2.58. The van der Waals surface area contributed by atoms with Gasteiger partial charge in [0.25, 0.3) is 0 Å². The smallest absolute Gasteiger partial charge is 0.0220 e. The van der Waals surface area contributed by atoms with Crippen molar-refractivity contribution in [3.8, 4) is 0 Å². The predicted molar refractivity (Wildman–Crippen MR) is 67.0 cm³/mol. The number of hydrogen-bond donors (Lipinski definition) is 1. The molecule has 1 fully saturated rings. The molecule has 0 spiro atoms. The first-order chi connectivity index (χ1) is 7.24.